The van der Waals surface area contributed by atoms with Crippen LogP contribution in [-0.4, -0.2) is 33.7 Å². The molecule has 1 N–H and O–H groups in total. The minimum Gasteiger partial charge on any atom is -0.493 e. The molecule has 29 heavy (non-hydrogen) atoms. The number of ether oxygens (including phenoxy) is 3. The quantitative estimate of drug-likeness (QED) is 0.608. The molecule has 0 saturated carbocycles. The molecule has 0 aliphatic carbocycles. The fourth-order valence-electron chi connectivity index (χ4n) is 2.80. The molecule has 150 valence electrons. The minimum atomic E-state index is -0.126. The van der Waals surface area contributed by atoms with Gasteiger partial charge in [0.15, 0.2) is 11.5 Å². The van der Waals surface area contributed by atoms with Gasteiger partial charge in [-0.2, -0.15) is 0 Å². The predicted octanol–water partition coefficient (Wildman–Crippen LogP) is 4.57. The van der Waals surface area contributed by atoms with Crippen LogP contribution in [0.15, 0.2) is 72.8 Å². The van der Waals surface area contributed by atoms with E-state index >= 15 is 0 Å². The molecule has 0 aromatic heterocycles. The Labute approximate surface area is 170 Å². The highest BCUT2D eigenvalue weighted by molar-refractivity contribution is 5.94. The standard InChI is InChI=1S/C23H24N2O4/c1-25(18-11-14-21(27-2)22(15-18)28-3)16-23(26)24-17-9-12-20(13-10-17)29-19-7-5-4-6-8-19/h4-15H,16H2,1-3H3,(H,24,26). The molecular formula is C23H24N2O4. The Bertz CT molecular complexity index is 943. The van der Waals surface area contributed by atoms with Gasteiger partial charge in [-0.05, 0) is 48.5 Å². The van der Waals surface area contributed by atoms with Crippen molar-refractivity contribution in [2.75, 3.05) is 38.0 Å². The number of carbonyl (C=O) groups excluding carboxylic acids is 1. The third-order valence-electron chi connectivity index (χ3n) is 4.31. The highest BCUT2D eigenvalue weighted by Gasteiger charge is 2.11. The highest BCUT2D eigenvalue weighted by Crippen LogP contribution is 2.31. The van der Waals surface area contributed by atoms with Gasteiger partial charge in [0.05, 0.1) is 20.8 Å². The van der Waals surface area contributed by atoms with E-state index in [2.05, 4.69) is 5.32 Å². The fraction of sp³-hybridized carbons (Fsp3) is 0.174. The Morgan fingerprint density at radius 2 is 1.52 bits per heavy atom. The van der Waals surface area contributed by atoms with Crippen molar-refractivity contribution in [1.82, 2.24) is 0 Å². The molecule has 0 atom stereocenters. The summed E-state index contributed by atoms with van der Waals surface area (Å²) in [6, 6.07) is 22.3. The van der Waals surface area contributed by atoms with E-state index in [0.717, 1.165) is 11.4 Å². The largest absolute Gasteiger partial charge is 0.493 e. The number of nitrogens with zero attached hydrogens (tertiary/aromatic N) is 1. The summed E-state index contributed by atoms with van der Waals surface area (Å²) in [5.41, 5.74) is 1.56. The summed E-state index contributed by atoms with van der Waals surface area (Å²) in [5.74, 6) is 2.61. The molecule has 0 bridgehead atoms. The molecule has 1 amide bonds. The van der Waals surface area contributed by atoms with E-state index in [1.165, 1.54) is 0 Å². The van der Waals surface area contributed by atoms with Gasteiger partial charge in [-0.25, -0.2) is 0 Å². The zero-order valence-corrected chi connectivity index (χ0v) is 16.7. The third-order valence-corrected chi connectivity index (χ3v) is 4.31. The van der Waals surface area contributed by atoms with Crippen LogP contribution in [-0.2, 0) is 4.79 Å². The summed E-state index contributed by atoms with van der Waals surface area (Å²) in [4.78, 5) is 14.2. The van der Waals surface area contributed by atoms with Crippen molar-refractivity contribution < 1.29 is 19.0 Å². The number of nitrogens with one attached hydrogen (secondary N) is 1. The maximum atomic E-state index is 12.4. The van der Waals surface area contributed by atoms with Crippen molar-refractivity contribution in [2.24, 2.45) is 0 Å². The molecule has 6 heteroatoms. The SMILES string of the molecule is COc1ccc(N(C)CC(=O)Nc2ccc(Oc3ccccc3)cc2)cc1OC. The Kier molecular flexibility index (Phi) is 6.58. The highest BCUT2D eigenvalue weighted by atomic mass is 16.5. The Morgan fingerprint density at radius 3 is 2.17 bits per heavy atom. The number of carbonyl (C=O) groups is 1. The first-order valence-corrected chi connectivity index (χ1v) is 9.15. The molecule has 0 unspecified atom stereocenters. The van der Waals surface area contributed by atoms with E-state index in [1.807, 2.05) is 84.7 Å². The molecule has 0 aliphatic rings. The molecule has 6 nitrogen and oxygen atoms in total. The smallest absolute Gasteiger partial charge is 0.243 e. The molecule has 0 spiro atoms. The van der Waals surface area contributed by atoms with Gasteiger partial charge >= 0.3 is 0 Å². The molecular weight excluding hydrogens is 368 g/mol. The maximum absolute atomic E-state index is 12.4. The van der Waals surface area contributed by atoms with Gasteiger partial charge in [0.2, 0.25) is 5.91 Å². The van der Waals surface area contributed by atoms with Gasteiger partial charge < -0.3 is 24.4 Å². The zero-order valence-electron chi connectivity index (χ0n) is 16.7. The van der Waals surface area contributed by atoms with Gasteiger partial charge in [0.25, 0.3) is 0 Å². The van der Waals surface area contributed by atoms with E-state index in [9.17, 15) is 4.79 Å². The van der Waals surface area contributed by atoms with Crippen LogP contribution in [0.1, 0.15) is 0 Å². The number of para-hydroxylation sites is 1. The van der Waals surface area contributed by atoms with E-state index in [4.69, 9.17) is 14.2 Å². The van der Waals surface area contributed by atoms with Gasteiger partial charge in [0, 0.05) is 24.5 Å². The second-order valence-corrected chi connectivity index (χ2v) is 6.38. The maximum Gasteiger partial charge on any atom is 0.243 e. The fourth-order valence-corrected chi connectivity index (χ4v) is 2.80. The van der Waals surface area contributed by atoms with E-state index in [-0.39, 0.29) is 12.5 Å². The summed E-state index contributed by atoms with van der Waals surface area (Å²) in [6.45, 7) is 0.192. The second-order valence-electron chi connectivity index (χ2n) is 6.38. The average molecular weight is 392 g/mol. The van der Waals surface area contributed by atoms with Gasteiger partial charge in [-0.1, -0.05) is 18.2 Å². The number of benzene rings is 3. The number of methoxy groups -OCH3 is 2. The number of hydrogen-bond acceptors (Lipinski definition) is 5. The summed E-state index contributed by atoms with van der Waals surface area (Å²) >= 11 is 0. The summed E-state index contributed by atoms with van der Waals surface area (Å²) < 4.78 is 16.3. The van der Waals surface area contributed by atoms with Gasteiger partial charge in [0.1, 0.15) is 11.5 Å². The first-order chi connectivity index (χ1) is 14.1. The molecule has 0 radical (unpaired) electrons. The first kappa shape index (κ1) is 20.1. The Hall–Kier alpha value is -3.67. The van der Waals surface area contributed by atoms with Crippen molar-refractivity contribution in [3.8, 4) is 23.0 Å². The number of hydrogen-bond donors (Lipinski definition) is 1. The number of rotatable bonds is 8. The Balaban J connectivity index is 1.57. The number of amides is 1. The lowest BCUT2D eigenvalue weighted by Crippen LogP contribution is -2.30. The van der Waals surface area contributed by atoms with E-state index in [1.54, 1.807) is 14.2 Å². The third kappa shape index (κ3) is 5.42. The molecule has 3 aromatic carbocycles. The average Bonchev–Trinajstić information content (AvgIpc) is 2.75. The van der Waals surface area contributed by atoms with Crippen molar-refractivity contribution in [3.05, 3.63) is 72.8 Å². The molecule has 0 aliphatic heterocycles. The van der Waals surface area contributed by atoms with Crippen molar-refractivity contribution in [2.45, 2.75) is 0 Å². The topological polar surface area (TPSA) is 60.0 Å². The van der Waals surface area contributed by atoms with Crippen LogP contribution in [0.5, 0.6) is 23.0 Å². The molecule has 0 fully saturated rings. The van der Waals surface area contributed by atoms with Crippen LogP contribution < -0.4 is 24.4 Å². The Morgan fingerprint density at radius 1 is 0.862 bits per heavy atom. The van der Waals surface area contributed by atoms with Crippen molar-refractivity contribution >= 4 is 17.3 Å². The first-order valence-electron chi connectivity index (χ1n) is 9.15. The van der Waals surface area contributed by atoms with Crippen LogP contribution in [0.25, 0.3) is 0 Å². The number of likely N-dealkylation sites (N-methyl/N-ethyl adjacent to an activating group) is 1. The number of anilines is 2. The molecule has 0 saturated heterocycles. The van der Waals surface area contributed by atoms with Crippen molar-refractivity contribution in [1.29, 1.82) is 0 Å². The molecule has 3 aromatic rings. The lowest BCUT2D eigenvalue weighted by atomic mass is 10.2. The van der Waals surface area contributed by atoms with Crippen molar-refractivity contribution in [3.63, 3.8) is 0 Å². The predicted molar refractivity (Wildman–Crippen MR) is 114 cm³/mol. The monoisotopic (exact) mass is 392 g/mol. The van der Waals surface area contributed by atoms with Crippen LogP contribution in [0.4, 0.5) is 11.4 Å². The summed E-state index contributed by atoms with van der Waals surface area (Å²) in [7, 11) is 5.02. The summed E-state index contributed by atoms with van der Waals surface area (Å²) in [6.07, 6.45) is 0. The lowest BCUT2D eigenvalue weighted by Gasteiger charge is -2.20. The van der Waals surface area contributed by atoms with Crippen LogP contribution in [0.2, 0.25) is 0 Å². The summed E-state index contributed by atoms with van der Waals surface area (Å²) in [5, 5.41) is 2.89. The molecule has 0 heterocycles. The van der Waals surface area contributed by atoms with Crippen LogP contribution >= 0.6 is 0 Å². The van der Waals surface area contributed by atoms with Gasteiger partial charge in [-0.3, -0.25) is 4.79 Å². The minimum absolute atomic E-state index is 0.126. The molecule has 3 rings (SSSR count). The second kappa shape index (κ2) is 9.50. The lowest BCUT2D eigenvalue weighted by molar-refractivity contribution is -0.114. The van der Waals surface area contributed by atoms with Crippen LogP contribution in [0.3, 0.4) is 0 Å². The zero-order chi connectivity index (χ0) is 20.6. The van der Waals surface area contributed by atoms with Crippen LogP contribution in [0, 0.1) is 0 Å². The normalized spacial score (nSPS) is 10.2. The van der Waals surface area contributed by atoms with E-state index < -0.39 is 0 Å². The van der Waals surface area contributed by atoms with Gasteiger partial charge in [-0.15, -0.1) is 0 Å². The van der Waals surface area contributed by atoms with E-state index in [0.29, 0.717) is 22.9 Å².